The largest absolute Gasteiger partial charge is 0.459 e. The minimum Gasteiger partial charge on any atom is -0.459 e. The fourth-order valence-electron chi connectivity index (χ4n) is 3.59. The first-order valence-corrected chi connectivity index (χ1v) is 9.63. The lowest BCUT2D eigenvalue weighted by Gasteiger charge is -2.34. The zero-order chi connectivity index (χ0) is 19.5. The van der Waals surface area contributed by atoms with Crippen LogP contribution < -0.4 is 4.90 Å². The molecule has 0 unspecified atom stereocenters. The molecule has 0 saturated carbocycles. The first kappa shape index (κ1) is 18.5. The lowest BCUT2D eigenvalue weighted by Crippen LogP contribution is -2.50. The van der Waals surface area contributed by atoms with E-state index in [-0.39, 0.29) is 11.8 Å². The summed E-state index contributed by atoms with van der Waals surface area (Å²) in [7, 11) is 2.12. The molecule has 2 amide bonds. The predicted octanol–water partition coefficient (Wildman–Crippen LogP) is 1.02. The van der Waals surface area contributed by atoms with Crippen molar-refractivity contribution in [2.45, 2.75) is 0 Å². The molecule has 2 aliphatic heterocycles. The Labute approximate surface area is 164 Å². The number of anilines is 1. The molecule has 0 aromatic carbocycles. The van der Waals surface area contributed by atoms with Crippen LogP contribution in [0.5, 0.6) is 0 Å². The number of likely N-dealkylation sites (N-methyl/N-ethyl adjacent to an activating group) is 1. The van der Waals surface area contributed by atoms with Gasteiger partial charge in [-0.1, -0.05) is 0 Å². The highest BCUT2D eigenvalue weighted by molar-refractivity contribution is 5.93. The van der Waals surface area contributed by atoms with Gasteiger partial charge in [0.1, 0.15) is 5.69 Å². The molecule has 2 aromatic rings. The Hall–Kier alpha value is -2.87. The third-order valence-corrected chi connectivity index (χ3v) is 5.42. The maximum Gasteiger partial charge on any atom is 0.289 e. The van der Waals surface area contributed by atoms with E-state index in [9.17, 15) is 9.59 Å². The standard InChI is InChI=1S/C20H25N5O3/c1-22-6-8-23(9-7-22)16-4-5-17(21-15-16)19(26)24-10-12-25(13-11-24)20(27)18-3-2-14-28-18/h2-5,14-15H,6-13H2,1H3. The highest BCUT2D eigenvalue weighted by Crippen LogP contribution is 2.17. The number of nitrogens with zero attached hydrogens (tertiary/aromatic N) is 5. The number of aromatic nitrogens is 1. The van der Waals surface area contributed by atoms with E-state index in [1.54, 1.807) is 34.2 Å². The van der Waals surface area contributed by atoms with E-state index in [0.717, 1.165) is 31.9 Å². The molecule has 2 aliphatic rings. The summed E-state index contributed by atoms with van der Waals surface area (Å²) in [4.78, 5) is 37.5. The molecule has 148 valence electrons. The maximum atomic E-state index is 12.8. The highest BCUT2D eigenvalue weighted by Gasteiger charge is 2.27. The maximum absolute atomic E-state index is 12.8. The Bertz CT molecular complexity index is 805. The molecule has 8 nitrogen and oxygen atoms in total. The average Bonchev–Trinajstić information content (AvgIpc) is 3.28. The van der Waals surface area contributed by atoms with Gasteiger partial charge in [-0.15, -0.1) is 0 Å². The van der Waals surface area contributed by atoms with E-state index in [0.29, 0.717) is 37.6 Å². The normalized spacial score (nSPS) is 18.4. The SMILES string of the molecule is CN1CCN(c2ccc(C(=O)N3CCN(C(=O)c4ccco4)CC3)nc2)CC1. The molecule has 0 bridgehead atoms. The van der Waals surface area contributed by atoms with Crippen LogP contribution in [-0.2, 0) is 0 Å². The van der Waals surface area contributed by atoms with Crippen LogP contribution >= 0.6 is 0 Å². The number of furan rings is 1. The van der Waals surface area contributed by atoms with E-state index >= 15 is 0 Å². The zero-order valence-corrected chi connectivity index (χ0v) is 16.1. The number of pyridine rings is 1. The van der Waals surface area contributed by atoms with Gasteiger partial charge in [0, 0.05) is 52.4 Å². The molecular formula is C20H25N5O3. The molecule has 28 heavy (non-hydrogen) atoms. The molecule has 4 heterocycles. The molecule has 2 saturated heterocycles. The fourth-order valence-corrected chi connectivity index (χ4v) is 3.59. The predicted molar refractivity (Wildman–Crippen MR) is 104 cm³/mol. The minimum absolute atomic E-state index is 0.0879. The van der Waals surface area contributed by atoms with Crippen molar-refractivity contribution < 1.29 is 14.0 Å². The second-order valence-corrected chi connectivity index (χ2v) is 7.25. The van der Waals surface area contributed by atoms with Gasteiger partial charge in [0.25, 0.3) is 11.8 Å². The molecule has 0 atom stereocenters. The van der Waals surface area contributed by atoms with Gasteiger partial charge in [0.15, 0.2) is 5.76 Å². The molecule has 0 N–H and O–H groups in total. The number of carbonyl (C=O) groups excluding carboxylic acids is 2. The van der Waals surface area contributed by atoms with Crippen molar-refractivity contribution in [3.63, 3.8) is 0 Å². The Morgan fingerprint density at radius 2 is 1.57 bits per heavy atom. The van der Waals surface area contributed by atoms with E-state index in [2.05, 4.69) is 21.8 Å². The van der Waals surface area contributed by atoms with Crippen molar-refractivity contribution in [1.82, 2.24) is 19.7 Å². The molecule has 2 fully saturated rings. The molecule has 4 rings (SSSR count). The Balaban J connectivity index is 1.33. The van der Waals surface area contributed by atoms with Crippen LogP contribution in [0.1, 0.15) is 21.0 Å². The van der Waals surface area contributed by atoms with Gasteiger partial charge in [-0.05, 0) is 31.3 Å². The highest BCUT2D eigenvalue weighted by atomic mass is 16.3. The fraction of sp³-hybridized carbons (Fsp3) is 0.450. The van der Waals surface area contributed by atoms with Crippen molar-refractivity contribution in [1.29, 1.82) is 0 Å². The Morgan fingerprint density at radius 3 is 2.14 bits per heavy atom. The Morgan fingerprint density at radius 1 is 0.893 bits per heavy atom. The van der Waals surface area contributed by atoms with Gasteiger partial charge in [-0.3, -0.25) is 9.59 Å². The van der Waals surface area contributed by atoms with Gasteiger partial charge in [0.05, 0.1) is 18.1 Å². The number of piperazine rings is 2. The number of amides is 2. The summed E-state index contributed by atoms with van der Waals surface area (Å²) in [6.07, 6.45) is 3.28. The van der Waals surface area contributed by atoms with E-state index in [1.807, 2.05) is 6.07 Å². The van der Waals surface area contributed by atoms with Crippen LogP contribution in [-0.4, -0.2) is 90.9 Å². The number of hydrogen-bond donors (Lipinski definition) is 0. The summed E-state index contributed by atoms with van der Waals surface area (Å²) in [5.41, 5.74) is 1.50. The smallest absolute Gasteiger partial charge is 0.289 e. The summed E-state index contributed by atoms with van der Waals surface area (Å²) >= 11 is 0. The van der Waals surface area contributed by atoms with Crippen molar-refractivity contribution in [3.8, 4) is 0 Å². The lowest BCUT2D eigenvalue weighted by atomic mass is 10.2. The van der Waals surface area contributed by atoms with Crippen molar-refractivity contribution >= 4 is 17.5 Å². The quantitative estimate of drug-likeness (QED) is 0.788. The van der Waals surface area contributed by atoms with Crippen LogP contribution in [0.15, 0.2) is 41.1 Å². The number of rotatable bonds is 3. The van der Waals surface area contributed by atoms with E-state index in [1.165, 1.54) is 6.26 Å². The molecular weight excluding hydrogens is 358 g/mol. The monoisotopic (exact) mass is 383 g/mol. The van der Waals surface area contributed by atoms with Gasteiger partial charge in [-0.25, -0.2) is 4.98 Å². The molecule has 0 radical (unpaired) electrons. The van der Waals surface area contributed by atoms with Crippen molar-refractivity contribution in [2.24, 2.45) is 0 Å². The summed E-state index contributed by atoms with van der Waals surface area (Å²) in [6, 6.07) is 7.13. The summed E-state index contributed by atoms with van der Waals surface area (Å²) in [5.74, 6) is 0.114. The topological polar surface area (TPSA) is 73.1 Å². The third kappa shape index (κ3) is 3.87. The molecule has 0 spiro atoms. The number of carbonyl (C=O) groups is 2. The summed E-state index contributed by atoms with van der Waals surface area (Å²) < 4.78 is 5.17. The Kier molecular flexibility index (Phi) is 5.29. The zero-order valence-electron chi connectivity index (χ0n) is 16.1. The van der Waals surface area contributed by atoms with Crippen LogP contribution in [0.25, 0.3) is 0 Å². The van der Waals surface area contributed by atoms with E-state index in [4.69, 9.17) is 4.42 Å². The lowest BCUT2D eigenvalue weighted by molar-refractivity contribution is 0.0515. The average molecular weight is 383 g/mol. The third-order valence-electron chi connectivity index (χ3n) is 5.42. The number of hydrogen-bond acceptors (Lipinski definition) is 6. The van der Waals surface area contributed by atoms with Gasteiger partial charge in [0.2, 0.25) is 0 Å². The second-order valence-electron chi connectivity index (χ2n) is 7.25. The molecule has 8 heteroatoms. The van der Waals surface area contributed by atoms with Crippen molar-refractivity contribution in [3.05, 3.63) is 48.2 Å². The van der Waals surface area contributed by atoms with Gasteiger partial charge >= 0.3 is 0 Å². The minimum atomic E-state index is -0.133. The first-order chi connectivity index (χ1) is 13.6. The van der Waals surface area contributed by atoms with Crippen LogP contribution in [0.2, 0.25) is 0 Å². The first-order valence-electron chi connectivity index (χ1n) is 9.63. The van der Waals surface area contributed by atoms with Crippen LogP contribution in [0.3, 0.4) is 0 Å². The summed E-state index contributed by atoms with van der Waals surface area (Å²) in [5, 5.41) is 0. The summed E-state index contributed by atoms with van der Waals surface area (Å²) in [6.45, 7) is 5.97. The van der Waals surface area contributed by atoms with Crippen LogP contribution in [0, 0.1) is 0 Å². The second kappa shape index (κ2) is 8.02. The molecule has 2 aromatic heterocycles. The van der Waals surface area contributed by atoms with Gasteiger partial charge in [-0.2, -0.15) is 0 Å². The van der Waals surface area contributed by atoms with Gasteiger partial charge < -0.3 is 24.0 Å². The van der Waals surface area contributed by atoms with Crippen molar-refractivity contribution in [2.75, 3.05) is 64.3 Å². The van der Waals surface area contributed by atoms with E-state index < -0.39 is 0 Å². The molecule has 0 aliphatic carbocycles. The van der Waals surface area contributed by atoms with Crippen LogP contribution in [0.4, 0.5) is 5.69 Å².